The molecule has 2 heterocycles. The number of rotatable bonds is 4. The highest BCUT2D eigenvalue weighted by Gasteiger charge is 2.33. The third-order valence-electron chi connectivity index (χ3n) is 5.07. The first-order chi connectivity index (χ1) is 12.6. The van der Waals surface area contributed by atoms with E-state index >= 15 is 0 Å². The maximum absolute atomic E-state index is 13.1. The van der Waals surface area contributed by atoms with Gasteiger partial charge in [0.1, 0.15) is 5.75 Å². The van der Waals surface area contributed by atoms with Gasteiger partial charge in [0.05, 0.1) is 12.0 Å². The number of nitrogens with one attached hydrogen (secondary N) is 1. The highest BCUT2D eigenvalue weighted by atomic mass is 32.2. The van der Waals surface area contributed by atoms with Crippen molar-refractivity contribution < 1.29 is 13.2 Å². The first-order valence-electron chi connectivity index (χ1n) is 8.80. The summed E-state index contributed by atoms with van der Waals surface area (Å²) in [5, 5.41) is 3.36. The van der Waals surface area contributed by atoms with Crippen LogP contribution in [0.5, 0.6) is 5.75 Å². The van der Waals surface area contributed by atoms with Gasteiger partial charge in [-0.25, -0.2) is 8.42 Å². The summed E-state index contributed by atoms with van der Waals surface area (Å²) in [6.45, 7) is 4.62. The number of hydrogen-bond acceptors (Lipinski definition) is 5. The van der Waals surface area contributed by atoms with Crippen LogP contribution < -0.4 is 15.0 Å². The maximum Gasteiger partial charge on any atom is 0.243 e. The number of piperazine rings is 1. The Kier molecular flexibility index (Phi) is 4.60. The summed E-state index contributed by atoms with van der Waals surface area (Å²) < 4.78 is 32.9. The molecule has 4 rings (SSSR count). The first-order valence-corrected chi connectivity index (χ1v) is 10.2. The lowest BCUT2D eigenvalue weighted by atomic mass is 10.1. The van der Waals surface area contributed by atoms with Gasteiger partial charge in [0, 0.05) is 51.0 Å². The molecule has 2 aromatic rings. The number of ether oxygens (including phenoxy) is 1. The molecule has 2 aromatic carbocycles. The van der Waals surface area contributed by atoms with E-state index in [1.165, 1.54) is 7.11 Å². The Balaban J connectivity index is 1.64. The number of anilines is 1. The van der Waals surface area contributed by atoms with Crippen molar-refractivity contribution >= 4 is 15.7 Å². The van der Waals surface area contributed by atoms with Crippen LogP contribution in [0, 0.1) is 0 Å². The molecule has 0 amide bonds. The van der Waals surface area contributed by atoms with Crippen LogP contribution in [-0.4, -0.2) is 46.0 Å². The minimum absolute atomic E-state index is 0.272. The summed E-state index contributed by atoms with van der Waals surface area (Å²) in [5.41, 5.74) is 3.38. The van der Waals surface area contributed by atoms with Crippen LogP contribution in [0.4, 0.5) is 5.69 Å². The fourth-order valence-corrected chi connectivity index (χ4v) is 5.08. The number of methoxy groups -OCH3 is 1. The summed E-state index contributed by atoms with van der Waals surface area (Å²) >= 11 is 0. The smallest absolute Gasteiger partial charge is 0.243 e. The van der Waals surface area contributed by atoms with Crippen LogP contribution in [0.2, 0.25) is 0 Å². The number of sulfonamides is 1. The standard InChI is InChI=1S/C19H23N3O3S/c1-25-16-5-3-6-17(12-16)26(23,24)22-13-15-4-2-7-19(18(15)14-22)21-10-8-20-9-11-21/h2-7,12,20H,8-11,13-14H2,1H3. The van der Waals surface area contributed by atoms with Crippen molar-refractivity contribution in [1.82, 2.24) is 9.62 Å². The van der Waals surface area contributed by atoms with E-state index in [-0.39, 0.29) is 4.90 Å². The van der Waals surface area contributed by atoms with Crippen LogP contribution in [0.15, 0.2) is 47.4 Å². The lowest BCUT2D eigenvalue weighted by Gasteiger charge is -2.31. The minimum Gasteiger partial charge on any atom is -0.497 e. The Hall–Kier alpha value is -2.09. The zero-order valence-electron chi connectivity index (χ0n) is 14.8. The Morgan fingerprint density at radius 3 is 2.58 bits per heavy atom. The summed E-state index contributed by atoms with van der Waals surface area (Å²) in [6, 6.07) is 12.8. The predicted octanol–water partition coefficient (Wildman–Crippen LogP) is 1.81. The molecule has 0 radical (unpaired) electrons. The second-order valence-corrected chi connectivity index (χ2v) is 8.54. The second kappa shape index (κ2) is 6.90. The molecule has 0 aromatic heterocycles. The number of nitrogens with zero attached hydrogens (tertiary/aromatic N) is 2. The third-order valence-corrected chi connectivity index (χ3v) is 6.85. The normalized spacial score (nSPS) is 18.0. The van der Waals surface area contributed by atoms with Gasteiger partial charge in [0.25, 0.3) is 0 Å². The van der Waals surface area contributed by atoms with E-state index in [0.29, 0.717) is 18.8 Å². The maximum atomic E-state index is 13.1. The molecule has 6 nitrogen and oxygen atoms in total. The molecule has 0 aliphatic carbocycles. The van der Waals surface area contributed by atoms with Gasteiger partial charge >= 0.3 is 0 Å². The Bertz CT molecular complexity index is 908. The minimum atomic E-state index is -3.56. The van der Waals surface area contributed by atoms with Crippen LogP contribution >= 0.6 is 0 Å². The molecule has 1 fully saturated rings. The molecule has 0 atom stereocenters. The summed E-state index contributed by atoms with van der Waals surface area (Å²) in [5.74, 6) is 0.546. The molecule has 2 aliphatic heterocycles. The molecule has 7 heteroatoms. The summed E-state index contributed by atoms with van der Waals surface area (Å²) in [6.07, 6.45) is 0. The number of fused-ring (bicyclic) bond motifs is 1. The zero-order chi connectivity index (χ0) is 18.1. The van der Waals surface area contributed by atoms with E-state index in [1.807, 2.05) is 12.1 Å². The Morgan fingerprint density at radius 1 is 1.04 bits per heavy atom. The average Bonchev–Trinajstić information content (AvgIpc) is 3.14. The average molecular weight is 373 g/mol. The van der Waals surface area contributed by atoms with Gasteiger partial charge in [-0.15, -0.1) is 0 Å². The lowest BCUT2D eigenvalue weighted by molar-refractivity contribution is 0.411. The molecular weight excluding hydrogens is 350 g/mol. The molecule has 26 heavy (non-hydrogen) atoms. The second-order valence-electron chi connectivity index (χ2n) is 6.60. The first kappa shape index (κ1) is 17.3. The predicted molar refractivity (Wildman–Crippen MR) is 101 cm³/mol. The Morgan fingerprint density at radius 2 is 1.81 bits per heavy atom. The van der Waals surface area contributed by atoms with Crippen molar-refractivity contribution in [2.24, 2.45) is 0 Å². The molecule has 2 aliphatic rings. The lowest BCUT2D eigenvalue weighted by Crippen LogP contribution is -2.43. The van der Waals surface area contributed by atoms with Crippen LogP contribution in [0.1, 0.15) is 11.1 Å². The van der Waals surface area contributed by atoms with Crippen molar-refractivity contribution in [3.05, 3.63) is 53.6 Å². The van der Waals surface area contributed by atoms with Gasteiger partial charge in [-0.2, -0.15) is 4.31 Å². The highest BCUT2D eigenvalue weighted by molar-refractivity contribution is 7.89. The van der Waals surface area contributed by atoms with Crippen molar-refractivity contribution in [2.75, 3.05) is 38.2 Å². The van der Waals surface area contributed by atoms with Crippen molar-refractivity contribution in [1.29, 1.82) is 0 Å². The molecule has 0 unspecified atom stereocenters. The van der Waals surface area contributed by atoms with E-state index in [0.717, 1.165) is 43.0 Å². The molecule has 0 spiro atoms. The quantitative estimate of drug-likeness (QED) is 0.886. The van der Waals surface area contributed by atoms with Gasteiger partial charge < -0.3 is 15.0 Å². The van der Waals surface area contributed by atoms with Crippen LogP contribution in [-0.2, 0) is 23.1 Å². The van der Waals surface area contributed by atoms with Gasteiger partial charge in [0.15, 0.2) is 0 Å². The molecule has 1 N–H and O–H groups in total. The molecule has 138 valence electrons. The molecular formula is C19H23N3O3S. The van der Waals surface area contributed by atoms with Crippen LogP contribution in [0.3, 0.4) is 0 Å². The van der Waals surface area contributed by atoms with Crippen molar-refractivity contribution in [3.8, 4) is 5.75 Å². The van der Waals surface area contributed by atoms with Crippen LogP contribution in [0.25, 0.3) is 0 Å². The third kappa shape index (κ3) is 3.06. The molecule has 0 saturated carbocycles. The summed E-state index contributed by atoms with van der Waals surface area (Å²) in [4.78, 5) is 2.62. The van der Waals surface area contributed by atoms with Crippen molar-refractivity contribution in [2.45, 2.75) is 18.0 Å². The zero-order valence-corrected chi connectivity index (χ0v) is 15.6. The van der Waals surface area contributed by atoms with E-state index in [9.17, 15) is 8.42 Å². The van der Waals surface area contributed by atoms with E-state index in [4.69, 9.17) is 4.74 Å². The van der Waals surface area contributed by atoms with Gasteiger partial charge in [-0.3, -0.25) is 0 Å². The summed E-state index contributed by atoms with van der Waals surface area (Å²) in [7, 11) is -2.03. The van der Waals surface area contributed by atoms with Gasteiger partial charge in [-0.05, 0) is 29.3 Å². The van der Waals surface area contributed by atoms with Gasteiger partial charge in [0.2, 0.25) is 10.0 Å². The number of hydrogen-bond donors (Lipinski definition) is 1. The fourth-order valence-electron chi connectivity index (χ4n) is 3.66. The van der Waals surface area contributed by atoms with Gasteiger partial charge in [-0.1, -0.05) is 18.2 Å². The van der Waals surface area contributed by atoms with Crippen molar-refractivity contribution in [3.63, 3.8) is 0 Å². The van der Waals surface area contributed by atoms with E-state index < -0.39 is 10.0 Å². The molecule has 1 saturated heterocycles. The Labute approximate surface area is 154 Å². The van der Waals surface area contributed by atoms with E-state index in [2.05, 4.69) is 16.3 Å². The monoisotopic (exact) mass is 373 g/mol. The number of benzene rings is 2. The fraction of sp³-hybridized carbons (Fsp3) is 0.368. The SMILES string of the molecule is COc1cccc(S(=O)(=O)N2Cc3cccc(N4CCNCC4)c3C2)c1. The largest absolute Gasteiger partial charge is 0.497 e. The highest BCUT2D eigenvalue weighted by Crippen LogP contribution is 2.35. The molecule has 0 bridgehead atoms. The topological polar surface area (TPSA) is 61.9 Å². The van der Waals surface area contributed by atoms with E-state index in [1.54, 1.807) is 28.6 Å².